The van der Waals surface area contributed by atoms with Gasteiger partial charge in [0.05, 0.1) is 11.4 Å². The van der Waals surface area contributed by atoms with E-state index in [-0.39, 0.29) is 11.1 Å². The van der Waals surface area contributed by atoms with Crippen molar-refractivity contribution in [2.75, 3.05) is 0 Å². The Hall–Kier alpha value is -2.96. The van der Waals surface area contributed by atoms with E-state index in [1.54, 1.807) is 38.4 Å². The molecule has 0 radical (unpaired) electrons. The molecule has 0 saturated carbocycles. The van der Waals surface area contributed by atoms with Gasteiger partial charge in [-0.15, -0.1) is 0 Å². The summed E-state index contributed by atoms with van der Waals surface area (Å²) in [5.41, 5.74) is 3.27. The zero-order valence-electron chi connectivity index (χ0n) is 15.2. The second-order valence-electron chi connectivity index (χ2n) is 6.15. The van der Waals surface area contributed by atoms with E-state index in [2.05, 4.69) is 10.2 Å². The van der Waals surface area contributed by atoms with Crippen molar-refractivity contribution in [1.82, 2.24) is 19.6 Å². The molecule has 0 amide bonds. The second-order valence-corrected chi connectivity index (χ2v) is 7.03. The van der Waals surface area contributed by atoms with E-state index in [1.165, 1.54) is 9.36 Å². The van der Waals surface area contributed by atoms with Gasteiger partial charge in [0, 0.05) is 47.4 Å². The number of aromatic amines is 2. The molecule has 0 aliphatic rings. The number of hydrogen-bond acceptors (Lipinski definition) is 2. The highest BCUT2D eigenvalue weighted by molar-refractivity contribution is 6.31. The van der Waals surface area contributed by atoms with Crippen molar-refractivity contribution in [3.8, 4) is 22.5 Å². The summed E-state index contributed by atoms with van der Waals surface area (Å²) in [5.74, 6) is 0. The Morgan fingerprint density at radius 1 is 0.679 bits per heavy atom. The number of aromatic nitrogens is 4. The first kappa shape index (κ1) is 19.8. The maximum Gasteiger partial charge on any atom is 0.266 e. The van der Waals surface area contributed by atoms with Crippen LogP contribution in [0.15, 0.2) is 70.3 Å². The van der Waals surface area contributed by atoms with Crippen LogP contribution in [0.1, 0.15) is 0 Å². The van der Waals surface area contributed by atoms with Crippen LogP contribution in [0.25, 0.3) is 22.5 Å². The quantitative estimate of drug-likeness (QED) is 0.516. The van der Waals surface area contributed by atoms with E-state index in [0.717, 1.165) is 22.5 Å². The van der Waals surface area contributed by atoms with Crippen molar-refractivity contribution < 1.29 is 0 Å². The molecule has 0 aliphatic carbocycles. The molecular formula is C20H18Cl2N4O2. The number of rotatable bonds is 2. The van der Waals surface area contributed by atoms with Gasteiger partial charge in [0.15, 0.2) is 0 Å². The number of aryl methyl sites for hydroxylation is 2. The predicted molar refractivity (Wildman–Crippen MR) is 113 cm³/mol. The number of halogens is 2. The lowest BCUT2D eigenvalue weighted by Crippen LogP contribution is -2.09. The molecule has 0 saturated heterocycles. The summed E-state index contributed by atoms with van der Waals surface area (Å²) < 4.78 is 2.85. The summed E-state index contributed by atoms with van der Waals surface area (Å²) in [6, 6.07) is 17.8. The minimum atomic E-state index is -0.0556. The third kappa shape index (κ3) is 4.65. The van der Waals surface area contributed by atoms with Crippen LogP contribution < -0.4 is 11.1 Å². The molecule has 144 valence electrons. The zero-order chi connectivity index (χ0) is 20.3. The molecule has 0 atom stereocenters. The largest absolute Gasteiger partial charge is 0.295 e. The van der Waals surface area contributed by atoms with Crippen LogP contribution in [-0.2, 0) is 14.1 Å². The molecule has 0 bridgehead atoms. The molecule has 0 aliphatic heterocycles. The fourth-order valence-electron chi connectivity index (χ4n) is 2.58. The van der Waals surface area contributed by atoms with Crippen molar-refractivity contribution in [2.24, 2.45) is 14.1 Å². The number of nitrogens with one attached hydrogen (secondary N) is 2. The number of benzene rings is 2. The normalized spacial score (nSPS) is 10.4. The summed E-state index contributed by atoms with van der Waals surface area (Å²) >= 11 is 11.7. The second kappa shape index (κ2) is 8.37. The van der Waals surface area contributed by atoms with Crippen molar-refractivity contribution >= 4 is 23.2 Å². The fourth-order valence-corrected chi connectivity index (χ4v) is 2.97. The predicted octanol–water partition coefficient (Wildman–Crippen LogP) is 4.07. The van der Waals surface area contributed by atoms with E-state index in [9.17, 15) is 9.59 Å². The van der Waals surface area contributed by atoms with Gasteiger partial charge in [-0.3, -0.25) is 29.2 Å². The maximum absolute atomic E-state index is 11.2. The maximum atomic E-state index is 11.2. The summed E-state index contributed by atoms with van der Waals surface area (Å²) in [7, 11) is 3.35. The highest BCUT2D eigenvalue weighted by atomic mass is 35.5. The minimum absolute atomic E-state index is 0.0556. The van der Waals surface area contributed by atoms with Gasteiger partial charge in [0.1, 0.15) is 0 Å². The standard InChI is InChI=1S/2C10H9ClN2O/c2*1-13-10(14)6-9(12-13)7-3-2-4-8(11)5-7/h2*2-6,12H,1H3. The number of hydrogen-bond donors (Lipinski definition) is 2. The Morgan fingerprint density at radius 2 is 1.07 bits per heavy atom. The van der Waals surface area contributed by atoms with E-state index >= 15 is 0 Å². The van der Waals surface area contributed by atoms with Crippen LogP contribution in [0.3, 0.4) is 0 Å². The van der Waals surface area contributed by atoms with Crippen molar-refractivity contribution in [1.29, 1.82) is 0 Å². The van der Waals surface area contributed by atoms with Gasteiger partial charge < -0.3 is 0 Å². The molecule has 2 heterocycles. The lowest BCUT2D eigenvalue weighted by atomic mass is 10.2. The topological polar surface area (TPSA) is 75.6 Å². The number of H-pyrrole nitrogens is 2. The summed E-state index contributed by atoms with van der Waals surface area (Å²) in [5, 5.41) is 7.19. The Morgan fingerprint density at radius 3 is 1.36 bits per heavy atom. The van der Waals surface area contributed by atoms with Gasteiger partial charge in [0.2, 0.25) is 0 Å². The molecule has 2 aromatic carbocycles. The van der Waals surface area contributed by atoms with Crippen molar-refractivity contribution in [3.05, 3.63) is 91.4 Å². The Bertz CT molecular complexity index is 1120. The average Bonchev–Trinajstić information content (AvgIpc) is 3.18. The molecule has 8 heteroatoms. The summed E-state index contributed by atoms with van der Waals surface area (Å²) in [4.78, 5) is 22.4. The zero-order valence-corrected chi connectivity index (χ0v) is 16.8. The molecule has 0 unspecified atom stereocenters. The summed E-state index contributed by atoms with van der Waals surface area (Å²) in [6.45, 7) is 0. The summed E-state index contributed by atoms with van der Waals surface area (Å²) in [6.07, 6.45) is 0. The number of nitrogens with zero attached hydrogens (tertiary/aromatic N) is 2. The third-order valence-corrected chi connectivity index (χ3v) is 4.51. The molecule has 0 spiro atoms. The average molecular weight is 417 g/mol. The SMILES string of the molecule is Cn1[nH]c(-c2cccc(Cl)c2)cc1=O.Cn1[nH]c(-c2cccc(Cl)c2)cc1=O. The van der Waals surface area contributed by atoms with E-state index in [1.807, 2.05) is 36.4 Å². The van der Waals surface area contributed by atoms with Gasteiger partial charge in [-0.25, -0.2) is 0 Å². The lowest BCUT2D eigenvalue weighted by Gasteiger charge is -1.97. The highest BCUT2D eigenvalue weighted by Gasteiger charge is 2.03. The van der Waals surface area contributed by atoms with Gasteiger partial charge in [-0.2, -0.15) is 0 Å². The van der Waals surface area contributed by atoms with Crippen LogP contribution in [0.4, 0.5) is 0 Å². The Balaban J connectivity index is 0.000000161. The molecule has 28 heavy (non-hydrogen) atoms. The van der Waals surface area contributed by atoms with Crippen LogP contribution in [0.2, 0.25) is 10.0 Å². The molecule has 6 nitrogen and oxygen atoms in total. The van der Waals surface area contributed by atoms with E-state index in [0.29, 0.717) is 10.0 Å². The fraction of sp³-hybridized carbons (Fsp3) is 0.100. The highest BCUT2D eigenvalue weighted by Crippen LogP contribution is 2.20. The smallest absolute Gasteiger partial charge is 0.266 e. The molecule has 0 fully saturated rings. The first-order chi connectivity index (χ1) is 13.3. The van der Waals surface area contributed by atoms with Crippen LogP contribution in [0.5, 0.6) is 0 Å². The molecular weight excluding hydrogens is 399 g/mol. The Labute approximate surface area is 170 Å². The Kier molecular flexibility index (Phi) is 5.92. The van der Waals surface area contributed by atoms with E-state index in [4.69, 9.17) is 23.2 Å². The van der Waals surface area contributed by atoms with Crippen molar-refractivity contribution in [2.45, 2.75) is 0 Å². The molecule has 4 rings (SSSR count). The molecule has 2 aromatic heterocycles. The van der Waals surface area contributed by atoms with Gasteiger partial charge >= 0.3 is 0 Å². The molecule has 4 aromatic rings. The van der Waals surface area contributed by atoms with Crippen LogP contribution in [-0.4, -0.2) is 19.6 Å². The van der Waals surface area contributed by atoms with Crippen LogP contribution >= 0.6 is 23.2 Å². The van der Waals surface area contributed by atoms with Gasteiger partial charge in [-0.05, 0) is 24.3 Å². The van der Waals surface area contributed by atoms with E-state index < -0.39 is 0 Å². The third-order valence-electron chi connectivity index (χ3n) is 4.04. The van der Waals surface area contributed by atoms with Crippen molar-refractivity contribution in [3.63, 3.8) is 0 Å². The first-order valence-electron chi connectivity index (χ1n) is 8.37. The monoisotopic (exact) mass is 416 g/mol. The minimum Gasteiger partial charge on any atom is -0.295 e. The lowest BCUT2D eigenvalue weighted by molar-refractivity contribution is 0.742. The first-order valence-corrected chi connectivity index (χ1v) is 9.13. The molecule has 2 N–H and O–H groups in total. The van der Waals surface area contributed by atoms with Gasteiger partial charge in [-0.1, -0.05) is 47.5 Å². The van der Waals surface area contributed by atoms with Crippen LogP contribution in [0, 0.1) is 0 Å². The van der Waals surface area contributed by atoms with Gasteiger partial charge in [0.25, 0.3) is 11.1 Å².